The molecule has 3 N–H and O–H groups in total. The summed E-state index contributed by atoms with van der Waals surface area (Å²) in [4.78, 5) is 16.0. The van der Waals surface area contributed by atoms with Crippen molar-refractivity contribution in [2.24, 2.45) is 0 Å². The molecule has 1 amide bonds. The lowest BCUT2D eigenvalue weighted by molar-refractivity contribution is -0.0159. The number of rotatable bonds is 5. The molecule has 0 spiro atoms. The lowest BCUT2D eigenvalue weighted by Crippen LogP contribution is -2.42. The molecule has 8 heteroatoms. The lowest BCUT2D eigenvalue weighted by atomic mass is 10.0. The summed E-state index contributed by atoms with van der Waals surface area (Å²) >= 11 is 0. The summed E-state index contributed by atoms with van der Waals surface area (Å²) < 4.78 is 15.8. The highest BCUT2D eigenvalue weighted by Gasteiger charge is 2.35. The van der Waals surface area contributed by atoms with E-state index < -0.39 is 11.8 Å². The second kappa shape index (κ2) is 6.28. The number of fused-ring (bicyclic) bond motifs is 1. The number of nitrogens with zero attached hydrogens (tertiary/aromatic N) is 4. The Labute approximate surface area is 151 Å². The van der Waals surface area contributed by atoms with Gasteiger partial charge in [-0.25, -0.2) is 9.07 Å². The predicted octanol–water partition coefficient (Wildman–Crippen LogP) is 1.59. The van der Waals surface area contributed by atoms with E-state index in [1.165, 1.54) is 18.7 Å². The molecule has 140 valence electrons. The van der Waals surface area contributed by atoms with Gasteiger partial charge in [0.1, 0.15) is 12.0 Å². The quantitative estimate of drug-likeness (QED) is 0.844. The fraction of sp³-hybridized carbons (Fsp3) is 0.444. The molecule has 1 atom stereocenters. The van der Waals surface area contributed by atoms with Crippen LogP contribution >= 0.6 is 0 Å². The van der Waals surface area contributed by atoms with E-state index in [2.05, 4.69) is 5.10 Å². The van der Waals surface area contributed by atoms with Gasteiger partial charge in [-0.1, -0.05) is 0 Å². The smallest absolute Gasteiger partial charge is 0.254 e. The summed E-state index contributed by atoms with van der Waals surface area (Å²) in [5.41, 5.74) is 7.34. The van der Waals surface area contributed by atoms with Crippen molar-refractivity contribution in [3.63, 3.8) is 0 Å². The van der Waals surface area contributed by atoms with Crippen LogP contribution in [0.5, 0.6) is 0 Å². The summed E-state index contributed by atoms with van der Waals surface area (Å²) in [6.45, 7) is 2.92. The first-order valence-electron chi connectivity index (χ1n) is 8.39. The van der Waals surface area contributed by atoms with Crippen LogP contribution in [0.15, 0.2) is 24.4 Å². The highest BCUT2D eigenvalue weighted by Crippen LogP contribution is 2.33. The largest absolute Gasteiger partial charge is 0.387 e. The number of benzene rings is 1. The van der Waals surface area contributed by atoms with E-state index in [0.29, 0.717) is 11.4 Å². The topological polar surface area (TPSA) is 87.6 Å². The van der Waals surface area contributed by atoms with Crippen LogP contribution in [-0.4, -0.2) is 58.1 Å². The van der Waals surface area contributed by atoms with Crippen LogP contribution in [0.2, 0.25) is 0 Å². The number of anilines is 2. The van der Waals surface area contributed by atoms with Gasteiger partial charge in [-0.2, -0.15) is 5.10 Å². The molecule has 0 radical (unpaired) electrons. The number of hydrogen-bond acceptors (Lipinski definition) is 5. The second-order valence-corrected chi connectivity index (χ2v) is 7.37. The third kappa shape index (κ3) is 3.12. The van der Waals surface area contributed by atoms with Gasteiger partial charge >= 0.3 is 0 Å². The van der Waals surface area contributed by atoms with Crippen molar-refractivity contribution >= 4 is 17.4 Å². The summed E-state index contributed by atoms with van der Waals surface area (Å²) in [6, 6.07) is 5.34. The van der Waals surface area contributed by atoms with E-state index in [9.17, 15) is 14.3 Å². The zero-order valence-electron chi connectivity index (χ0n) is 15.4. The molecule has 2 heterocycles. The fourth-order valence-corrected chi connectivity index (χ4v) is 3.00. The molecule has 0 bridgehead atoms. The Morgan fingerprint density at radius 2 is 2.12 bits per heavy atom. The van der Waals surface area contributed by atoms with Crippen LogP contribution in [0, 0.1) is 0 Å². The number of nitrogen functional groups attached to an aromatic ring is 1. The Kier molecular flexibility index (Phi) is 4.39. The summed E-state index contributed by atoms with van der Waals surface area (Å²) in [5.74, 6) is 0.245. The molecule has 2 aromatic rings. The highest BCUT2D eigenvalue weighted by atomic mass is 19.1. The molecule has 1 aromatic carbocycles. The molecular formula is C18H24FN5O2. The Balaban J connectivity index is 1.99. The van der Waals surface area contributed by atoms with Crippen LogP contribution in [0.4, 0.5) is 15.9 Å². The molecule has 0 saturated carbocycles. The number of nitrogens with two attached hydrogens (primary N) is 1. The van der Waals surface area contributed by atoms with Crippen LogP contribution in [0.25, 0.3) is 5.69 Å². The molecule has 26 heavy (non-hydrogen) atoms. The van der Waals surface area contributed by atoms with E-state index in [1.807, 2.05) is 25.1 Å². The summed E-state index contributed by atoms with van der Waals surface area (Å²) in [6.07, 6.45) is 0.0755. The number of carbonyl (C=O) groups is 1. The SMILES string of the molecule is CN(C)c1cc2c(cc1-n1nccc1N)CN(C[C@@H](F)C(C)(C)O)C2=O. The summed E-state index contributed by atoms with van der Waals surface area (Å²) in [5, 5.41) is 14.1. The third-order valence-electron chi connectivity index (χ3n) is 4.61. The zero-order valence-corrected chi connectivity index (χ0v) is 15.4. The van der Waals surface area contributed by atoms with Crippen molar-refractivity contribution < 1.29 is 14.3 Å². The number of carbonyl (C=O) groups excluding carboxylic acids is 1. The lowest BCUT2D eigenvalue weighted by Gasteiger charge is -2.26. The molecular weight excluding hydrogens is 337 g/mol. The van der Waals surface area contributed by atoms with Crippen LogP contribution in [0.3, 0.4) is 0 Å². The maximum atomic E-state index is 14.2. The van der Waals surface area contributed by atoms with E-state index >= 15 is 0 Å². The van der Waals surface area contributed by atoms with Crippen LogP contribution < -0.4 is 10.6 Å². The average Bonchev–Trinajstić information content (AvgIpc) is 3.09. The van der Waals surface area contributed by atoms with Gasteiger partial charge in [0.15, 0.2) is 0 Å². The van der Waals surface area contributed by atoms with Crippen molar-refractivity contribution in [2.45, 2.75) is 32.2 Å². The van der Waals surface area contributed by atoms with Gasteiger partial charge in [0, 0.05) is 32.3 Å². The van der Waals surface area contributed by atoms with E-state index in [4.69, 9.17) is 5.73 Å². The number of hydrogen-bond donors (Lipinski definition) is 2. The van der Waals surface area contributed by atoms with Gasteiger partial charge in [-0.15, -0.1) is 0 Å². The Morgan fingerprint density at radius 1 is 1.42 bits per heavy atom. The third-order valence-corrected chi connectivity index (χ3v) is 4.61. The zero-order chi connectivity index (χ0) is 19.2. The van der Waals surface area contributed by atoms with Crippen LogP contribution in [-0.2, 0) is 6.54 Å². The molecule has 1 aliphatic rings. The first-order chi connectivity index (χ1) is 12.1. The first kappa shape index (κ1) is 18.2. The number of aliphatic hydroxyl groups is 1. The minimum atomic E-state index is -1.53. The second-order valence-electron chi connectivity index (χ2n) is 7.37. The maximum absolute atomic E-state index is 14.2. The van der Waals surface area contributed by atoms with E-state index in [1.54, 1.807) is 23.0 Å². The molecule has 0 saturated heterocycles. The number of amides is 1. The normalized spacial score (nSPS) is 15.3. The minimum Gasteiger partial charge on any atom is -0.387 e. The number of alkyl halides is 1. The minimum absolute atomic E-state index is 0.159. The number of aromatic nitrogens is 2. The van der Waals surface area contributed by atoms with Gasteiger partial charge in [0.25, 0.3) is 5.91 Å². The molecule has 1 aromatic heterocycles. The fourth-order valence-electron chi connectivity index (χ4n) is 3.00. The van der Waals surface area contributed by atoms with Gasteiger partial charge in [-0.05, 0) is 31.5 Å². The molecule has 7 nitrogen and oxygen atoms in total. The van der Waals surface area contributed by atoms with Gasteiger partial charge in [-0.3, -0.25) is 4.79 Å². The molecule has 0 unspecified atom stereocenters. The maximum Gasteiger partial charge on any atom is 0.254 e. The van der Waals surface area contributed by atoms with Crippen molar-refractivity contribution in [1.82, 2.24) is 14.7 Å². The Hall–Kier alpha value is -2.61. The Morgan fingerprint density at radius 3 is 2.65 bits per heavy atom. The molecule has 0 fully saturated rings. The van der Waals surface area contributed by atoms with Crippen molar-refractivity contribution in [3.8, 4) is 5.69 Å². The first-order valence-corrected chi connectivity index (χ1v) is 8.39. The monoisotopic (exact) mass is 361 g/mol. The average molecular weight is 361 g/mol. The van der Waals surface area contributed by atoms with E-state index in [0.717, 1.165) is 16.9 Å². The molecule has 3 rings (SSSR count). The molecule has 0 aliphatic carbocycles. The Bertz CT molecular complexity index is 841. The van der Waals surface area contributed by atoms with Crippen LogP contribution in [0.1, 0.15) is 29.8 Å². The van der Waals surface area contributed by atoms with Gasteiger partial charge in [0.05, 0.1) is 29.7 Å². The number of halogens is 1. The predicted molar refractivity (Wildman–Crippen MR) is 98.2 cm³/mol. The van der Waals surface area contributed by atoms with Crippen molar-refractivity contribution in [2.75, 3.05) is 31.3 Å². The van der Waals surface area contributed by atoms with Gasteiger partial charge < -0.3 is 20.6 Å². The highest BCUT2D eigenvalue weighted by molar-refractivity contribution is 6.00. The standard InChI is InChI=1S/C18H24FN5O2/c1-18(2,26)15(19)10-23-9-11-7-14(24-16(20)5-6-21-24)13(22(3)4)8-12(11)17(23)25/h5-8,15,26H,9-10,20H2,1-4H3/t15-/m1/s1. The van der Waals surface area contributed by atoms with Gasteiger partial charge in [0.2, 0.25) is 0 Å². The van der Waals surface area contributed by atoms with Crippen molar-refractivity contribution in [1.29, 1.82) is 0 Å². The molecule has 1 aliphatic heterocycles. The summed E-state index contributed by atoms with van der Waals surface area (Å²) in [7, 11) is 3.74. The van der Waals surface area contributed by atoms with Crippen molar-refractivity contribution in [3.05, 3.63) is 35.5 Å². The van der Waals surface area contributed by atoms with E-state index in [-0.39, 0.29) is 19.0 Å².